The molecule has 1 amide bonds. The molecular formula is C18H22N2O3S. The van der Waals surface area contributed by atoms with Crippen molar-refractivity contribution in [1.29, 1.82) is 0 Å². The Bertz CT molecular complexity index is 814. The molecule has 0 aromatic heterocycles. The summed E-state index contributed by atoms with van der Waals surface area (Å²) < 4.78 is 27.0. The predicted molar refractivity (Wildman–Crippen MR) is 95.6 cm³/mol. The lowest BCUT2D eigenvalue weighted by Crippen LogP contribution is -2.31. The molecule has 2 aromatic rings. The first-order valence-corrected chi connectivity index (χ1v) is 9.30. The van der Waals surface area contributed by atoms with Crippen LogP contribution in [0.25, 0.3) is 0 Å². The predicted octanol–water partition coefficient (Wildman–Crippen LogP) is 3.32. The fourth-order valence-electron chi connectivity index (χ4n) is 2.12. The standard InChI is InChI=1S/C18H22N2O3S/c1-4-14(3)20-24(22,23)17-10-8-16(9-11-17)19-18(21)15-7-5-6-13(2)12-15/h5-12,14,20H,4H2,1-3H3,(H,19,21). The highest BCUT2D eigenvalue weighted by molar-refractivity contribution is 7.89. The molecule has 0 bridgehead atoms. The Labute approximate surface area is 143 Å². The third kappa shape index (κ3) is 4.66. The Kier molecular flexibility index (Phi) is 5.75. The Morgan fingerprint density at radius 1 is 1.12 bits per heavy atom. The van der Waals surface area contributed by atoms with Gasteiger partial charge in [-0.2, -0.15) is 0 Å². The first-order valence-electron chi connectivity index (χ1n) is 7.82. The first-order chi connectivity index (χ1) is 11.3. The average Bonchev–Trinajstić information content (AvgIpc) is 2.54. The smallest absolute Gasteiger partial charge is 0.255 e. The molecule has 2 rings (SSSR count). The van der Waals surface area contributed by atoms with Gasteiger partial charge in [0.05, 0.1) is 4.90 Å². The Morgan fingerprint density at radius 3 is 2.38 bits per heavy atom. The van der Waals surface area contributed by atoms with E-state index in [9.17, 15) is 13.2 Å². The molecule has 0 fully saturated rings. The van der Waals surface area contributed by atoms with E-state index in [0.29, 0.717) is 17.7 Å². The molecule has 0 saturated carbocycles. The van der Waals surface area contributed by atoms with Gasteiger partial charge in [-0.15, -0.1) is 0 Å². The lowest BCUT2D eigenvalue weighted by Gasteiger charge is -2.12. The van der Waals surface area contributed by atoms with E-state index in [1.807, 2.05) is 32.9 Å². The summed E-state index contributed by atoms with van der Waals surface area (Å²) in [4.78, 5) is 12.4. The first kappa shape index (κ1) is 18.2. The molecule has 0 aliphatic heterocycles. The van der Waals surface area contributed by atoms with Crippen molar-refractivity contribution >= 4 is 21.6 Å². The zero-order valence-corrected chi connectivity index (χ0v) is 14.9. The van der Waals surface area contributed by atoms with Gasteiger partial charge in [0.15, 0.2) is 0 Å². The highest BCUT2D eigenvalue weighted by Crippen LogP contribution is 2.16. The van der Waals surface area contributed by atoms with Crippen LogP contribution in [0.4, 0.5) is 5.69 Å². The van der Waals surface area contributed by atoms with Crippen LogP contribution in [0.15, 0.2) is 53.4 Å². The summed E-state index contributed by atoms with van der Waals surface area (Å²) in [5.74, 6) is -0.230. The van der Waals surface area contributed by atoms with Crippen LogP contribution in [-0.4, -0.2) is 20.4 Å². The average molecular weight is 346 g/mol. The van der Waals surface area contributed by atoms with Crippen LogP contribution in [0, 0.1) is 6.92 Å². The number of amides is 1. The van der Waals surface area contributed by atoms with Crippen LogP contribution in [0.3, 0.4) is 0 Å². The molecule has 6 heteroatoms. The van der Waals surface area contributed by atoms with Crippen molar-refractivity contribution in [2.45, 2.75) is 38.1 Å². The van der Waals surface area contributed by atoms with E-state index < -0.39 is 10.0 Å². The zero-order valence-electron chi connectivity index (χ0n) is 14.0. The number of carbonyl (C=O) groups excluding carboxylic acids is 1. The fourth-order valence-corrected chi connectivity index (χ4v) is 3.45. The summed E-state index contributed by atoms with van der Waals surface area (Å²) in [6.45, 7) is 5.64. The maximum absolute atomic E-state index is 12.2. The van der Waals surface area contributed by atoms with Crippen LogP contribution < -0.4 is 10.0 Å². The Hall–Kier alpha value is -2.18. The highest BCUT2D eigenvalue weighted by Gasteiger charge is 2.16. The second-order valence-electron chi connectivity index (χ2n) is 5.78. The van der Waals surface area contributed by atoms with Crippen LogP contribution in [0.5, 0.6) is 0 Å². The number of sulfonamides is 1. The number of rotatable bonds is 6. The number of hydrogen-bond acceptors (Lipinski definition) is 3. The minimum absolute atomic E-state index is 0.129. The quantitative estimate of drug-likeness (QED) is 0.842. The van der Waals surface area contributed by atoms with Crippen molar-refractivity contribution in [2.24, 2.45) is 0 Å². The van der Waals surface area contributed by atoms with Gasteiger partial charge in [0.1, 0.15) is 0 Å². The summed E-state index contributed by atoms with van der Waals surface area (Å²) in [6, 6.07) is 13.3. The molecule has 0 heterocycles. The largest absolute Gasteiger partial charge is 0.322 e. The molecule has 1 atom stereocenters. The maximum atomic E-state index is 12.2. The van der Waals surface area contributed by atoms with Crippen molar-refractivity contribution in [3.8, 4) is 0 Å². The molecular weight excluding hydrogens is 324 g/mol. The molecule has 0 aliphatic carbocycles. The second kappa shape index (κ2) is 7.59. The lowest BCUT2D eigenvalue weighted by molar-refractivity contribution is 0.102. The number of aryl methyl sites for hydroxylation is 1. The van der Waals surface area contributed by atoms with Crippen LogP contribution in [0.1, 0.15) is 36.2 Å². The molecule has 2 N–H and O–H groups in total. The molecule has 0 spiro atoms. The van der Waals surface area contributed by atoms with Crippen LogP contribution >= 0.6 is 0 Å². The van der Waals surface area contributed by atoms with E-state index in [2.05, 4.69) is 10.0 Å². The SMILES string of the molecule is CCC(C)NS(=O)(=O)c1ccc(NC(=O)c2cccc(C)c2)cc1. The van der Waals surface area contributed by atoms with Crippen molar-refractivity contribution in [3.63, 3.8) is 0 Å². The molecule has 0 saturated heterocycles. The van der Waals surface area contributed by atoms with Gasteiger partial charge in [0.2, 0.25) is 10.0 Å². The molecule has 5 nitrogen and oxygen atoms in total. The highest BCUT2D eigenvalue weighted by atomic mass is 32.2. The maximum Gasteiger partial charge on any atom is 0.255 e. The van der Waals surface area contributed by atoms with E-state index >= 15 is 0 Å². The van der Waals surface area contributed by atoms with E-state index in [1.165, 1.54) is 12.1 Å². The number of anilines is 1. The molecule has 0 aliphatic rings. The summed E-state index contributed by atoms with van der Waals surface area (Å²) in [5.41, 5.74) is 2.11. The summed E-state index contributed by atoms with van der Waals surface area (Å²) in [5, 5.41) is 2.76. The zero-order chi connectivity index (χ0) is 17.7. The second-order valence-corrected chi connectivity index (χ2v) is 7.49. The lowest BCUT2D eigenvalue weighted by atomic mass is 10.1. The summed E-state index contributed by atoms with van der Waals surface area (Å²) in [6.07, 6.45) is 0.712. The number of benzene rings is 2. The molecule has 24 heavy (non-hydrogen) atoms. The van der Waals surface area contributed by atoms with Gasteiger partial charge in [-0.25, -0.2) is 13.1 Å². The number of nitrogens with one attached hydrogen (secondary N) is 2. The van der Waals surface area contributed by atoms with Gasteiger partial charge < -0.3 is 5.32 Å². The third-order valence-corrected chi connectivity index (χ3v) is 5.28. The Morgan fingerprint density at radius 2 is 1.79 bits per heavy atom. The molecule has 2 aromatic carbocycles. The normalized spacial score (nSPS) is 12.6. The number of carbonyl (C=O) groups is 1. The van der Waals surface area contributed by atoms with Gasteiger partial charge in [0.25, 0.3) is 5.91 Å². The third-order valence-electron chi connectivity index (χ3n) is 3.67. The fraction of sp³-hybridized carbons (Fsp3) is 0.278. The van der Waals surface area contributed by atoms with Crippen molar-refractivity contribution in [2.75, 3.05) is 5.32 Å². The summed E-state index contributed by atoms with van der Waals surface area (Å²) in [7, 11) is -3.54. The minimum atomic E-state index is -3.54. The Balaban J connectivity index is 2.11. The summed E-state index contributed by atoms with van der Waals surface area (Å²) >= 11 is 0. The van der Waals surface area contributed by atoms with E-state index in [4.69, 9.17) is 0 Å². The topological polar surface area (TPSA) is 75.3 Å². The molecule has 128 valence electrons. The molecule has 0 radical (unpaired) electrons. The van der Waals surface area contributed by atoms with Crippen LogP contribution in [0.2, 0.25) is 0 Å². The minimum Gasteiger partial charge on any atom is -0.322 e. The van der Waals surface area contributed by atoms with Crippen molar-refractivity contribution < 1.29 is 13.2 Å². The monoisotopic (exact) mass is 346 g/mol. The van der Waals surface area contributed by atoms with E-state index in [1.54, 1.807) is 24.3 Å². The van der Waals surface area contributed by atoms with Gasteiger partial charge in [0, 0.05) is 17.3 Å². The van der Waals surface area contributed by atoms with Crippen LogP contribution in [-0.2, 0) is 10.0 Å². The van der Waals surface area contributed by atoms with E-state index in [0.717, 1.165) is 5.56 Å². The molecule has 1 unspecified atom stereocenters. The van der Waals surface area contributed by atoms with Gasteiger partial charge >= 0.3 is 0 Å². The van der Waals surface area contributed by atoms with Gasteiger partial charge in [-0.1, -0.05) is 24.6 Å². The van der Waals surface area contributed by atoms with Gasteiger partial charge in [-0.05, 0) is 56.7 Å². The van der Waals surface area contributed by atoms with Crippen molar-refractivity contribution in [1.82, 2.24) is 4.72 Å². The number of hydrogen-bond donors (Lipinski definition) is 2. The van der Waals surface area contributed by atoms with Gasteiger partial charge in [-0.3, -0.25) is 4.79 Å². The van der Waals surface area contributed by atoms with E-state index in [-0.39, 0.29) is 16.8 Å². The van der Waals surface area contributed by atoms with Crippen molar-refractivity contribution in [3.05, 3.63) is 59.7 Å².